The number of benzene rings is 2. The van der Waals surface area contributed by atoms with E-state index in [0.717, 1.165) is 11.1 Å². The number of nitro groups is 1. The summed E-state index contributed by atoms with van der Waals surface area (Å²) in [6.07, 6.45) is 0. The highest BCUT2D eigenvalue weighted by molar-refractivity contribution is 5.95. The van der Waals surface area contributed by atoms with Crippen molar-refractivity contribution in [3.8, 4) is 0 Å². The minimum absolute atomic E-state index is 0.109. The number of hydrogen-bond acceptors (Lipinski definition) is 5. The number of Topliss-reactive ketones (excluding diaryl/α,β-unsaturated/α-hetero) is 1. The molecular formula is C17H18N2O4. The standard InChI is InChI=1S/C17H18N2O4/c1-12(20)13-7-8-16(17(9-13)19(21)22)18-10-14-5-3-4-6-15(14)11-23-2/h3-9,18H,10-11H2,1-2H3. The highest BCUT2D eigenvalue weighted by Gasteiger charge is 2.16. The van der Waals surface area contributed by atoms with E-state index in [1.54, 1.807) is 19.2 Å². The highest BCUT2D eigenvalue weighted by Crippen LogP contribution is 2.26. The smallest absolute Gasteiger partial charge is 0.293 e. The van der Waals surface area contributed by atoms with Crippen molar-refractivity contribution in [2.75, 3.05) is 12.4 Å². The van der Waals surface area contributed by atoms with E-state index in [1.165, 1.54) is 13.0 Å². The van der Waals surface area contributed by atoms with Crippen molar-refractivity contribution < 1.29 is 14.5 Å². The number of ketones is 1. The van der Waals surface area contributed by atoms with Crippen LogP contribution in [0.2, 0.25) is 0 Å². The van der Waals surface area contributed by atoms with Gasteiger partial charge in [0.1, 0.15) is 5.69 Å². The van der Waals surface area contributed by atoms with Crippen LogP contribution in [0.5, 0.6) is 0 Å². The van der Waals surface area contributed by atoms with Gasteiger partial charge >= 0.3 is 0 Å². The van der Waals surface area contributed by atoms with E-state index in [9.17, 15) is 14.9 Å². The van der Waals surface area contributed by atoms with Gasteiger partial charge in [-0.1, -0.05) is 24.3 Å². The fraction of sp³-hybridized carbons (Fsp3) is 0.235. The van der Waals surface area contributed by atoms with E-state index in [0.29, 0.717) is 24.4 Å². The third kappa shape index (κ3) is 4.14. The van der Waals surface area contributed by atoms with E-state index in [2.05, 4.69) is 5.32 Å². The molecule has 0 amide bonds. The second-order valence-corrected chi connectivity index (χ2v) is 5.10. The van der Waals surface area contributed by atoms with Crippen molar-refractivity contribution in [2.45, 2.75) is 20.1 Å². The first kappa shape index (κ1) is 16.6. The summed E-state index contributed by atoms with van der Waals surface area (Å²) in [5.74, 6) is -0.204. The van der Waals surface area contributed by atoms with Crippen molar-refractivity contribution in [1.29, 1.82) is 0 Å². The van der Waals surface area contributed by atoms with Gasteiger partial charge in [0, 0.05) is 25.3 Å². The third-order valence-corrected chi connectivity index (χ3v) is 3.49. The van der Waals surface area contributed by atoms with Crippen molar-refractivity contribution in [3.63, 3.8) is 0 Å². The molecule has 1 N–H and O–H groups in total. The lowest BCUT2D eigenvalue weighted by Crippen LogP contribution is -2.06. The normalized spacial score (nSPS) is 10.3. The zero-order valence-corrected chi connectivity index (χ0v) is 13.0. The molecule has 0 aliphatic carbocycles. The van der Waals surface area contributed by atoms with E-state index in [1.807, 2.05) is 24.3 Å². The molecule has 23 heavy (non-hydrogen) atoms. The Labute approximate surface area is 134 Å². The van der Waals surface area contributed by atoms with Crippen LogP contribution in [0.25, 0.3) is 0 Å². The lowest BCUT2D eigenvalue weighted by atomic mass is 10.1. The number of nitrogens with one attached hydrogen (secondary N) is 1. The van der Waals surface area contributed by atoms with Crippen LogP contribution < -0.4 is 5.32 Å². The number of hydrogen-bond donors (Lipinski definition) is 1. The predicted molar refractivity (Wildman–Crippen MR) is 87.6 cm³/mol. The zero-order valence-electron chi connectivity index (χ0n) is 13.0. The Morgan fingerprint density at radius 3 is 2.52 bits per heavy atom. The molecule has 0 aliphatic heterocycles. The van der Waals surface area contributed by atoms with Gasteiger partial charge in [-0.15, -0.1) is 0 Å². The van der Waals surface area contributed by atoms with Crippen molar-refractivity contribution in [3.05, 3.63) is 69.3 Å². The molecule has 0 saturated heterocycles. The van der Waals surface area contributed by atoms with E-state index >= 15 is 0 Å². The molecular weight excluding hydrogens is 296 g/mol. The average Bonchev–Trinajstić information content (AvgIpc) is 2.54. The predicted octanol–water partition coefficient (Wildman–Crippen LogP) is 3.56. The van der Waals surface area contributed by atoms with Crippen LogP contribution in [-0.2, 0) is 17.9 Å². The molecule has 6 nitrogen and oxygen atoms in total. The Morgan fingerprint density at radius 2 is 1.91 bits per heavy atom. The van der Waals surface area contributed by atoms with Crippen molar-refractivity contribution in [2.24, 2.45) is 0 Å². The van der Waals surface area contributed by atoms with Crippen LogP contribution in [0.15, 0.2) is 42.5 Å². The summed E-state index contributed by atoms with van der Waals surface area (Å²) in [6.45, 7) is 2.29. The van der Waals surface area contributed by atoms with Gasteiger partial charge in [-0.3, -0.25) is 14.9 Å². The minimum atomic E-state index is -0.490. The monoisotopic (exact) mass is 314 g/mol. The SMILES string of the molecule is COCc1ccccc1CNc1ccc(C(C)=O)cc1[N+](=O)[O-]. The molecule has 0 bridgehead atoms. The first-order valence-electron chi connectivity index (χ1n) is 7.12. The molecule has 0 unspecified atom stereocenters. The highest BCUT2D eigenvalue weighted by atomic mass is 16.6. The van der Waals surface area contributed by atoms with Gasteiger partial charge in [-0.25, -0.2) is 0 Å². The van der Waals surface area contributed by atoms with E-state index < -0.39 is 4.92 Å². The van der Waals surface area contributed by atoms with Crippen LogP contribution in [0.3, 0.4) is 0 Å². The number of methoxy groups -OCH3 is 1. The second-order valence-electron chi connectivity index (χ2n) is 5.10. The number of rotatable bonds is 7. The number of nitrogens with zero attached hydrogens (tertiary/aromatic N) is 1. The topological polar surface area (TPSA) is 81.5 Å². The first-order chi connectivity index (χ1) is 11.0. The lowest BCUT2D eigenvalue weighted by Gasteiger charge is -2.11. The molecule has 0 fully saturated rings. The Morgan fingerprint density at radius 1 is 1.22 bits per heavy atom. The quantitative estimate of drug-likeness (QED) is 0.480. The van der Waals surface area contributed by atoms with Gasteiger partial charge < -0.3 is 10.1 Å². The maximum atomic E-state index is 11.4. The van der Waals surface area contributed by atoms with Crippen LogP contribution in [0.1, 0.15) is 28.4 Å². The van der Waals surface area contributed by atoms with Crippen LogP contribution in [0.4, 0.5) is 11.4 Å². The second kappa shape index (κ2) is 7.51. The molecule has 0 radical (unpaired) electrons. The molecule has 2 aromatic carbocycles. The first-order valence-corrected chi connectivity index (χ1v) is 7.12. The summed E-state index contributed by atoms with van der Waals surface area (Å²) in [7, 11) is 1.62. The molecule has 2 rings (SSSR count). The number of nitro benzene ring substituents is 1. The Kier molecular flexibility index (Phi) is 5.43. The van der Waals surface area contributed by atoms with E-state index in [4.69, 9.17) is 4.74 Å². The fourth-order valence-electron chi connectivity index (χ4n) is 2.27. The van der Waals surface area contributed by atoms with Gasteiger partial charge in [-0.2, -0.15) is 0 Å². The van der Waals surface area contributed by atoms with Gasteiger partial charge in [0.15, 0.2) is 5.78 Å². The molecule has 0 aliphatic rings. The van der Waals surface area contributed by atoms with Crippen LogP contribution in [0, 0.1) is 10.1 Å². The molecule has 0 spiro atoms. The summed E-state index contributed by atoms with van der Waals surface area (Å²) in [5.41, 5.74) is 2.61. The summed E-state index contributed by atoms with van der Waals surface area (Å²) in [6, 6.07) is 12.2. The zero-order chi connectivity index (χ0) is 16.8. The number of carbonyl (C=O) groups is 1. The molecule has 0 atom stereocenters. The summed E-state index contributed by atoms with van der Waals surface area (Å²) in [5, 5.41) is 14.3. The third-order valence-electron chi connectivity index (χ3n) is 3.49. The Bertz CT molecular complexity index is 728. The fourth-order valence-corrected chi connectivity index (χ4v) is 2.27. The summed E-state index contributed by atoms with van der Waals surface area (Å²) in [4.78, 5) is 22.1. The van der Waals surface area contributed by atoms with Crippen molar-refractivity contribution in [1.82, 2.24) is 0 Å². The minimum Gasteiger partial charge on any atom is -0.380 e. The van der Waals surface area contributed by atoms with Gasteiger partial charge in [0.25, 0.3) is 5.69 Å². The molecule has 0 aromatic heterocycles. The van der Waals surface area contributed by atoms with Crippen LogP contribution >= 0.6 is 0 Å². The number of anilines is 1. The number of ether oxygens (including phenoxy) is 1. The molecule has 0 heterocycles. The van der Waals surface area contributed by atoms with Crippen LogP contribution in [-0.4, -0.2) is 17.8 Å². The van der Waals surface area contributed by atoms with Crippen molar-refractivity contribution >= 4 is 17.2 Å². The number of carbonyl (C=O) groups excluding carboxylic acids is 1. The van der Waals surface area contributed by atoms with Gasteiger partial charge in [-0.05, 0) is 30.2 Å². The van der Waals surface area contributed by atoms with Gasteiger partial charge in [0.2, 0.25) is 0 Å². The maximum absolute atomic E-state index is 11.4. The van der Waals surface area contributed by atoms with E-state index in [-0.39, 0.29) is 11.5 Å². The Hall–Kier alpha value is -2.73. The summed E-state index contributed by atoms with van der Waals surface area (Å²) >= 11 is 0. The maximum Gasteiger partial charge on any atom is 0.293 e. The molecule has 2 aromatic rings. The average molecular weight is 314 g/mol. The van der Waals surface area contributed by atoms with Gasteiger partial charge in [0.05, 0.1) is 11.5 Å². The molecule has 120 valence electrons. The molecule has 6 heteroatoms. The lowest BCUT2D eigenvalue weighted by molar-refractivity contribution is -0.384. The largest absolute Gasteiger partial charge is 0.380 e. The summed E-state index contributed by atoms with van der Waals surface area (Å²) < 4.78 is 5.15. The molecule has 0 saturated carbocycles. The Balaban J connectivity index is 2.24.